The van der Waals surface area contributed by atoms with Crippen molar-refractivity contribution in [1.82, 2.24) is 25.5 Å². The quantitative estimate of drug-likeness (QED) is 0.811. The average Bonchev–Trinajstić information content (AvgIpc) is 2.98. The second kappa shape index (κ2) is 8.41. The molecule has 0 atom stereocenters. The first-order valence-electron chi connectivity index (χ1n) is 8.15. The first-order valence-corrected chi connectivity index (χ1v) is 8.15. The van der Waals surface area contributed by atoms with Crippen LogP contribution in [-0.2, 0) is 17.6 Å². The average molecular weight is 315 g/mol. The highest BCUT2D eigenvalue weighted by Gasteiger charge is 2.09. The number of nitrogens with zero attached hydrogens (tertiary/aromatic N) is 4. The Morgan fingerprint density at radius 1 is 1.22 bits per heavy atom. The van der Waals surface area contributed by atoms with Crippen LogP contribution in [0.1, 0.15) is 49.7 Å². The van der Waals surface area contributed by atoms with E-state index in [2.05, 4.69) is 52.0 Å². The number of carbonyl (C=O) groups is 1. The molecule has 0 aliphatic rings. The van der Waals surface area contributed by atoms with E-state index in [-0.39, 0.29) is 11.9 Å². The van der Waals surface area contributed by atoms with Gasteiger partial charge in [-0.1, -0.05) is 29.8 Å². The van der Waals surface area contributed by atoms with Crippen molar-refractivity contribution in [2.75, 3.05) is 6.54 Å². The molecular formula is C17H25N5O. The highest BCUT2D eigenvalue weighted by molar-refractivity contribution is 5.75. The Bertz CT molecular complexity index is 618. The Balaban J connectivity index is 1.65. The third kappa shape index (κ3) is 5.47. The number of nitrogens with one attached hydrogen (secondary N) is 1. The van der Waals surface area contributed by atoms with E-state index in [0.29, 0.717) is 19.4 Å². The number of benzene rings is 1. The predicted molar refractivity (Wildman–Crippen MR) is 89.0 cm³/mol. The molecule has 6 heteroatoms. The third-order valence-electron chi connectivity index (χ3n) is 3.71. The first kappa shape index (κ1) is 17.1. The lowest BCUT2D eigenvalue weighted by atomic mass is 10.1. The first-order chi connectivity index (χ1) is 11.1. The van der Waals surface area contributed by atoms with E-state index in [4.69, 9.17) is 0 Å². The molecule has 23 heavy (non-hydrogen) atoms. The summed E-state index contributed by atoms with van der Waals surface area (Å²) in [6, 6.07) is 8.69. The standard InChI is InChI=1S/C17H25N5O/c1-13(2)22-16(19-20-21-22)11-12-18-17(23)6-4-5-15-9-7-14(3)8-10-15/h7-10,13H,4-6,11-12H2,1-3H3,(H,18,23). The lowest BCUT2D eigenvalue weighted by Crippen LogP contribution is -2.26. The van der Waals surface area contributed by atoms with Crippen LogP contribution in [0.4, 0.5) is 0 Å². The van der Waals surface area contributed by atoms with E-state index >= 15 is 0 Å². The van der Waals surface area contributed by atoms with Crippen molar-refractivity contribution in [3.63, 3.8) is 0 Å². The summed E-state index contributed by atoms with van der Waals surface area (Å²) in [4.78, 5) is 11.9. The van der Waals surface area contributed by atoms with E-state index in [1.165, 1.54) is 11.1 Å². The maximum atomic E-state index is 11.9. The molecule has 0 saturated carbocycles. The largest absolute Gasteiger partial charge is 0.356 e. The summed E-state index contributed by atoms with van der Waals surface area (Å²) < 4.78 is 1.78. The van der Waals surface area contributed by atoms with Crippen molar-refractivity contribution in [3.8, 4) is 0 Å². The molecule has 1 heterocycles. The molecule has 124 valence electrons. The van der Waals surface area contributed by atoms with Crippen molar-refractivity contribution in [2.24, 2.45) is 0 Å². The van der Waals surface area contributed by atoms with Crippen LogP contribution in [-0.4, -0.2) is 32.7 Å². The van der Waals surface area contributed by atoms with Gasteiger partial charge in [-0.25, -0.2) is 4.68 Å². The van der Waals surface area contributed by atoms with Crippen LogP contribution < -0.4 is 5.32 Å². The Morgan fingerprint density at radius 2 is 1.96 bits per heavy atom. The van der Waals surface area contributed by atoms with Crippen LogP contribution in [0.3, 0.4) is 0 Å². The molecule has 1 amide bonds. The number of aromatic nitrogens is 4. The van der Waals surface area contributed by atoms with E-state index in [9.17, 15) is 4.79 Å². The molecule has 0 fully saturated rings. The summed E-state index contributed by atoms with van der Waals surface area (Å²) in [7, 11) is 0. The van der Waals surface area contributed by atoms with Gasteiger partial charge >= 0.3 is 0 Å². The number of aryl methyl sites for hydroxylation is 2. The normalized spacial score (nSPS) is 11.0. The lowest BCUT2D eigenvalue weighted by molar-refractivity contribution is -0.121. The third-order valence-corrected chi connectivity index (χ3v) is 3.71. The molecular weight excluding hydrogens is 290 g/mol. The molecule has 0 bridgehead atoms. The van der Waals surface area contributed by atoms with Crippen LogP contribution in [0, 0.1) is 6.92 Å². The minimum absolute atomic E-state index is 0.0840. The number of hydrogen-bond donors (Lipinski definition) is 1. The maximum Gasteiger partial charge on any atom is 0.220 e. The summed E-state index contributed by atoms with van der Waals surface area (Å²) >= 11 is 0. The van der Waals surface area contributed by atoms with E-state index < -0.39 is 0 Å². The van der Waals surface area contributed by atoms with Crippen LogP contribution in [0.2, 0.25) is 0 Å². The number of amides is 1. The summed E-state index contributed by atoms with van der Waals surface area (Å²) in [5.41, 5.74) is 2.54. The van der Waals surface area contributed by atoms with Gasteiger partial charge in [0, 0.05) is 19.4 Å². The summed E-state index contributed by atoms with van der Waals surface area (Å²) in [6.07, 6.45) is 2.98. The molecule has 1 N–H and O–H groups in total. The Kier molecular flexibility index (Phi) is 6.26. The van der Waals surface area contributed by atoms with Crippen molar-refractivity contribution in [1.29, 1.82) is 0 Å². The molecule has 0 unspecified atom stereocenters. The highest BCUT2D eigenvalue weighted by Crippen LogP contribution is 2.07. The summed E-state index contributed by atoms with van der Waals surface area (Å²) in [6.45, 7) is 6.70. The van der Waals surface area contributed by atoms with Gasteiger partial charge in [-0.2, -0.15) is 0 Å². The molecule has 1 aromatic heterocycles. The molecule has 0 aliphatic heterocycles. The van der Waals surface area contributed by atoms with E-state index in [1.807, 2.05) is 13.8 Å². The van der Waals surface area contributed by atoms with Gasteiger partial charge in [0.2, 0.25) is 5.91 Å². The van der Waals surface area contributed by atoms with Gasteiger partial charge in [-0.05, 0) is 49.6 Å². The molecule has 0 spiro atoms. The van der Waals surface area contributed by atoms with Crippen LogP contribution >= 0.6 is 0 Å². The van der Waals surface area contributed by atoms with Crippen LogP contribution in [0.15, 0.2) is 24.3 Å². The van der Waals surface area contributed by atoms with E-state index in [0.717, 1.165) is 18.7 Å². The molecule has 2 rings (SSSR count). The monoisotopic (exact) mass is 315 g/mol. The zero-order valence-electron chi connectivity index (χ0n) is 14.1. The van der Waals surface area contributed by atoms with Crippen molar-refractivity contribution >= 4 is 5.91 Å². The van der Waals surface area contributed by atoms with E-state index in [1.54, 1.807) is 4.68 Å². The molecule has 6 nitrogen and oxygen atoms in total. The Morgan fingerprint density at radius 3 is 2.65 bits per heavy atom. The van der Waals surface area contributed by atoms with Crippen molar-refractivity contribution in [2.45, 2.75) is 52.5 Å². The highest BCUT2D eigenvalue weighted by atomic mass is 16.1. The fraction of sp³-hybridized carbons (Fsp3) is 0.529. The molecule has 1 aromatic carbocycles. The van der Waals surface area contributed by atoms with Gasteiger partial charge in [0.25, 0.3) is 0 Å². The molecule has 0 aliphatic carbocycles. The zero-order valence-corrected chi connectivity index (χ0v) is 14.1. The summed E-state index contributed by atoms with van der Waals surface area (Å²) in [5.74, 6) is 0.889. The van der Waals surface area contributed by atoms with Gasteiger partial charge in [0.05, 0.1) is 6.04 Å². The summed E-state index contributed by atoms with van der Waals surface area (Å²) in [5, 5.41) is 14.6. The second-order valence-corrected chi connectivity index (χ2v) is 6.07. The number of hydrogen-bond acceptors (Lipinski definition) is 4. The predicted octanol–water partition coefficient (Wildman–Crippen LogP) is 2.24. The van der Waals surface area contributed by atoms with Gasteiger partial charge < -0.3 is 5.32 Å². The number of tetrazole rings is 1. The second-order valence-electron chi connectivity index (χ2n) is 6.07. The Labute approximate surface area is 137 Å². The molecule has 2 aromatic rings. The fourth-order valence-electron chi connectivity index (χ4n) is 2.39. The van der Waals surface area contributed by atoms with Gasteiger partial charge in [0.15, 0.2) is 5.82 Å². The van der Waals surface area contributed by atoms with Crippen molar-refractivity contribution < 1.29 is 4.79 Å². The zero-order chi connectivity index (χ0) is 16.7. The van der Waals surface area contributed by atoms with Gasteiger partial charge in [-0.15, -0.1) is 5.10 Å². The van der Waals surface area contributed by atoms with Gasteiger partial charge in [0.1, 0.15) is 0 Å². The van der Waals surface area contributed by atoms with Crippen molar-refractivity contribution in [3.05, 3.63) is 41.2 Å². The van der Waals surface area contributed by atoms with Crippen LogP contribution in [0.25, 0.3) is 0 Å². The molecule has 0 radical (unpaired) electrons. The minimum Gasteiger partial charge on any atom is -0.356 e. The van der Waals surface area contributed by atoms with Crippen LogP contribution in [0.5, 0.6) is 0 Å². The smallest absolute Gasteiger partial charge is 0.220 e. The van der Waals surface area contributed by atoms with Gasteiger partial charge in [-0.3, -0.25) is 4.79 Å². The lowest BCUT2D eigenvalue weighted by Gasteiger charge is -2.08. The maximum absolute atomic E-state index is 11.9. The SMILES string of the molecule is Cc1ccc(CCCC(=O)NCCc2nnnn2C(C)C)cc1. The number of carbonyl (C=O) groups excluding carboxylic acids is 1. The molecule has 0 saturated heterocycles. The topological polar surface area (TPSA) is 72.7 Å². The Hall–Kier alpha value is -2.24. The minimum atomic E-state index is 0.0840. The fourth-order valence-corrected chi connectivity index (χ4v) is 2.39. The number of rotatable bonds is 8.